The Morgan fingerprint density at radius 2 is 2.00 bits per heavy atom. The number of likely N-dealkylation sites (tertiary alicyclic amines) is 1. The maximum atomic E-state index is 11.9. The molecule has 0 radical (unpaired) electrons. The maximum absolute atomic E-state index is 11.9. The fourth-order valence-corrected chi connectivity index (χ4v) is 2.53. The van der Waals surface area contributed by atoms with Crippen LogP contribution in [0.2, 0.25) is 0 Å². The molecular formula is C16H24N4O2. The molecule has 1 aliphatic rings. The summed E-state index contributed by atoms with van der Waals surface area (Å²) in [7, 11) is 2.10. The highest BCUT2D eigenvalue weighted by atomic mass is 16.2. The molecule has 0 aromatic heterocycles. The minimum Gasteiger partial charge on any atom is -0.335 e. The van der Waals surface area contributed by atoms with Crippen LogP contribution in [-0.2, 0) is 11.3 Å². The van der Waals surface area contributed by atoms with Crippen molar-refractivity contribution in [2.24, 2.45) is 0 Å². The van der Waals surface area contributed by atoms with Gasteiger partial charge in [-0.25, -0.2) is 4.79 Å². The van der Waals surface area contributed by atoms with Crippen molar-refractivity contribution in [2.75, 3.05) is 25.5 Å². The lowest BCUT2D eigenvalue weighted by molar-refractivity contribution is -0.114. The molecule has 6 heteroatoms. The van der Waals surface area contributed by atoms with E-state index in [0.29, 0.717) is 6.54 Å². The zero-order chi connectivity index (χ0) is 15.9. The van der Waals surface area contributed by atoms with Gasteiger partial charge < -0.3 is 20.9 Å². The van der Waals surface area contributed by atoms with Gasteiger partial charge in [0.2, 0.25) is 5.91 Å². The zero-order valence-corrected chi connectivity index (χ0v) is 13.2. The first-order chi connectivity index (χ1) is 10.5. The van der Waals surface area contributed by atoms with Crippen LogP contribution in [0.25, 0.3) is 0 Å². The summed E-state index contributed by atoms with van der Waals surface area (Å²) in [5.41, 5.74) is 1.69. The zero-order valence-electron chi connectivity index (χ0n) is 13.2. The number of nitrogens with one attached hydrogen (secondary N) is 3. The molecule has 0 aliphatic carbocycles. The van der Waals surface area contributed by atoms with E-state index in [1.807, 2.05) is 24.3 Å². The molecule has 1 saturated heterocycles. The van der Waals surface area contributed by atoms with Gasteiger partial charge in [0, 0.05) is 25.2 Å². The molecule has 2 rings (SSSR count). The highest BCUT2D eigenvalue weighted by Gasteiger charge is 2.18. The third kappa shape index (κ3) is 5.37. The molecule has 0 bridgehead atoms. The minimum absolute atomic E-state index is 0.106. The summed E-state index contributed by atoms with van der Waals surface area (Å²) >= 11 is 0. The third-order valence-electron chi connectivity index (χ3n) is 3.75. The third-order valence-corrected chi connectivity index (χ3v) is 3.75. The van der Waals surface area contributed by atoms with E-state index in [0.717, 1.165) is 37.2 Å². The standard InChI is InChI=1S/C16H24N4O2/c1-12(21)18-15-5-3-4-13(10-15)11-17-16(22)19-14-6-8-20(2)9-7-14/h3-5,10,14H,6-9,11H2,1-2H3,(H,18,21)(H2,17,19,22). The van der Waals surface area contributed by atoms with E-state index < -0.39 is 0 Å². The van der Waals surface area contributed by atoms with Gasteiger partial charge in [0.05, 0.1) is 0 Å². The van der Waals surface area contributed by atoms with Crippen LogP contribution in [0.4, 0.5) is 10.5 Å². The monoisotopic (exact) mass is 304 g/mol. The number of amides is 3. The first-order valence-corrected chi connectivity index (χ1v) is 7.62. The largest absolute Gasteiger partial charge is 0.335 e. The number of piperidine rings is 1. The molecular weight excluding hydrogens is 280 g/mol. The summed E-state index contributed by atoms with van der Waals surface area (Å²) in [5.74, 6) is -0.106. The van der Waals surface area contributed by atoms with Gasteiger partial charge in [0.25, 0.3) is 0 Å². The first kappa shape index (κ1) is 16.3. The summed E-state index contributed by atoms with van der Waals surface area (Å²) in [6.45, 7) is 3.94. The predicted octanol–water partition coefficient (Wildman–Crippen LogP) is 1.54. The number of rotatable bonds is 4. The lowest BCUT2D eigenvalue weighted by Gasteiger charge is -2.29. The molecule has 0 spiro atoms. The van der Waals surface area contributed by atoms with Crippen LogP contribution in [0.15, 0.2) is 24.3 Å². The second-order valence-electron chi connectivity index (χ2n) is 5.79. The first-order valence-electron chi connectivity index (χ1n) is 7.62. The van der Waals surface area contributed by atoms with Crippen molar-refractivity contribution in [3.63, 3.8) is 0 Å². The van der Waals surface area contributed by atoms with E-state index in [1.165, 1.54) is 6.92 Å². The van der Waals surface area contributed by atoms with Gasteiger partial charge in [0.15, 0.2) is 0 Å². The lowest BCUT2D eigenvalue weighted by atomic mass is 10.1. The van der Waals surface area contributed by atoms with Gasteiger partial charge >= 0.3 is 6.03 Å². The Kier molecular flexibility index (Phi) is 5.77. The average molecular weight is 304 g/mol. The Hall–Kier alpha value is -2.08. The normalized spacial score (nSPS) is 16.1. The molecule has 22 heavy (non-hydrogen) atoms. The Balaban J connectivity index is 1.77. The Morgan fingerprint density at radius 3 is 2.68 bits per heavy atom. The van der Waals surface area contributed by atoms with Gasteiger partial charge in [-0.1, -0.05) is 12.1 Å². The average Bonchev–Trinajstić information content (AvgIpc) is 2.47. The van der Waals surface area contributed by atoms with E-state index in [2.05, 4.69) is 27.9 Å². The Morgan fingerprint density at radius 1 is 1.27 bits per heavy atom. The van der Waals surface area contributed by atoms with Crippen LogP contribution >= 0.6 is 0 Å². The van der Waals surface area contributed by atoms with Gasteiger partial charge in [-0.3, -0.25) is 4.79 Å². The number of anilines is 1. The molecule has 1 aromatic carbocycles. The van der Waals surface area contributed by atoms with Crippen LogP contribution in [-0.4, -0.2) is 43.0 Å². The summed E-state index contributed by atoms with van der Waals surface area (Å²) in [6, 6.07) is 7.57. The number of carbonyl (C=O) groups is 2. The highest BCUT2D eigenvalue weighted by molar-refractivity contribution is 5.88. The molecule has 1 aromatic rings. The van der Waals surface area contributed by atoms with Crippen LogP contribution in [0, 0.1) is 0 Å². The van der Waals surface area contributed by atoms with E-state index in [9.17, 15) is 9.59 Å². The second-order valence-corrected chi connectivity index (χ2v) is 5.79. The summed E-state index contributed by atoms with van der Waals surface area (Å²) in [4.78, 5) is 25.2. The highest BCUT2D eigenvalue weighted by Crippen LogP contribution is 2.11. The number of benzene rings is 1. The molecule has 0 unspecified atom stereocenters. The molecule has 1 fully saturated rings. The quantitative estimate of drug-likeness (QED) is 0.790. The van der Waals surface area contributed by atoms with Crippen molar-refractivity contribution < 1.29 is 9.59 Å². The summed E-state index contributed by atoms with van der Waals surface area (Å²) < 4.78 is 0. The number of hydrogen-bond acceptors (Lipinski definition) is 3. The van der Waals surface area contributed by atoms with E-state index >= 15 is 0 Å². The van der Waals surface area contributed by atoms with Crippen LogP contribution in [0.5, 0.6) is 0 Å². The molecule has 0 saturated carbocycles. The number of urea groups is 1. The van der Waals surface area contributed by atoms with Gasteiger partial charge in [-0.15, -0.1) is 0 Å². The second kappa shape index (κ2) is 7.79. The topological polar surface area (TPSA) is 73.5 Å². The van der Waals surface area contributed by atoms with Crippen LogP contribution in [0.3, 0.4) is 0 Å². The molecule has 0 atom stereocenters. The molecule has 6 nitrogen and oxygen atoms in total. The van der Waals surface area contributed by atoms with Crippen LogP contribution in [0.1, 0.15) is 25.3 Å². The summed E-state index contributed by atoms with van der Waals surface area (Å²) in [6.07, 6.45) is 1.98. The maximum Gasteiger partial charge on any atom is 0.315 e. The van der Waals surface area contributed by atoms with Crippen molar-refractivity contribution in [1.29, 1.82) is 0 Å². The fraction of sp³-hybridized carbons (Fsp3) is 0.500. The van der Waals surface area contributed by atoms with Gasteiger partial charge in [0.1, 0.15) is 0 Å². The van der Waals surface area contributed by atoms with Crippen molar-refractivity contribution in [2.45, 2.75) is 32.4 Å². The number of carbonyl (C=O) groups excluding carboxylic acids is 2. The molecule has 1 heterocycles. The molecule has 3 N–H and O–H groups in total. The van der Waals surface area contributed by atoms with Gasteiger partial charge in [-0.05, 0) is 50.7 Å². The van der Waals surface area contributed by atoms with Crippen molar-refractivity contribution in [1.82, 2.24) is 15.5 Å². The lowest BCUT2D eigenvalue weighted by Crippen LogP contribution is -2.46. The number of hydrogen-bond donors (Lipinski definition) is 3. The van der Waals surface area contributed by atoms with E-state index in [-0.39, 0.29) is 18.0 Å². The smallest absolute Gasteiger partial charge is 0.315 e. The summed E-state index contributed by atoms with van der Waals surface area (Å²) in [5, 5.41) is 8.60. The Bertz CT molecular complexity index is 525. The molecule has 1 aliphatic heterocycles. The molecule has 3 amide bonds. The van der Waals surface area contributed by atoms with Crippen LogP contribution < -0.4 is 16.0 Å². The molecule has 120 valence electrons. The van der Waals surface area contributed by atoms with Crippen molar-refractivity contribution >= 4 is 17.6 Å². The van der Waals surface area contributed by atoms with Crippen molar-refractivity contribution in [3.8, 4) is 0 Å². The van der Waals surface area contributed by atoms with Gasteiger partial charge in [-0.2, -0.15) is 0 Å². The number of nitrogens with zero attached hydrogens (tertiary/aromatic N) is 1. The Labute approximate surface area is 131 Å². The minimum atomic E-state index is -0.139. The van der Waals surface area contributed by atoms with Crippen molar-refractivity contribution in [3.05, 3.63) is 29.8 Å². The van der Waals surface area contributed by atoms with E-state index in [1.54, 1.807) is 0 Å². The fourth-order valence-electron chi connectivity index (χ4n) is 2.53. The van der Waals surface area contributed by atoms with E-state index in [4.69, 9.17) is 0 Å². The SMILES string of the molecule is CC(=O)Nc1cccc(CNC(=O)NC2CCN(C)CC2)c1. The predicted molar refractivity (Wildman–Crippen MR) is 86.6 cm³/mol.